The first-order valence-electron chi connectivity index (χ1n) is 12.3. The number of aliphatic carboxylic acids is 1. The van der Waals surface area contributed by atoms with Crippen molar-refractivity contribution in [3.8, 4) is 0 Å². The van der Waals surface area contributed by atoms with E-state index in [0.29, 0.717) is 19.3 Å². The lowest BCUT2D eigenvalue weighted by molar-refractivity contribution is -0.147. The minimum Gasteiger partial charge on any atom is -0.481 e. The van der Waals surface area contributed by atoms with Crippen LogP contribution in [0.2, 0.25) is 0 Å². The topological polar surface area (TPSA) is 124 Å². The fourth-order valence-electron chi connectivity index (χ4n) is 4.18. The van der Waals surface area contributed by atoms with E-state index in [1.807, 2.05) is 18.2 Å². The van der Waals surface area contributed by atoms with Gasteiger partial charge in [-0.05, 0) is 43.4 Å². The smallest absolute Gasteiger partial charge is 0.306 e. The largest absolute Gasteiger partial charge is 0.481 e. The summed E-state index contributed by atoms with van der Waals surface area (Å²) in [6.45, 7) is 6.51. The van der Waals surface area contributed by atoms with Gasteiger partial charge in [0.2, 0.25) is 0 Å². The molecule has 0 aromatic heterocycles. The molecule has 1 aliphatic carbocycles. The van der Waals surface area contributed by atoms with Crippen LogP contribution in [0, 0.1) is 17.3 Å². The Morgan fingerprint density at radius 2 is 1.82 bits per heavy atom. The van der Waals surface area contributed by atoms with E-state index in [9.17, 15) is 24.9 Å². The molecule has 0 spiro atoms. The van der Waals surface area contributed by atoms with E-state index in [4.69, 9.17) is 9.84 Å². The molecule has 0 saturated heterocycles. The maximum absolute atomic E-state index is 11.3. The number of allylic oxidation sites excluding steroid dienone is 2. The summed E-state index contributed by atoms with van der Waals surface area (Å²) in [5, 5.41) is 39.9. The van der Waals surface area contributed by atoms with E-state index >= 15 is 0 Å². The van der Waals surface area contributed by atoms with Crippen LogP contribution in [-0.2, 0) is 14.3 Å². The molecule has 1 saturated carbocycles. The summed E-state index contributed by atoms with van der Waals surface area (Å²) in [4.78, 5) is 21.8. The van der Waals surface area contributed by atoms with Crippen molar-refractivity contribution in [3.63, 3.8) is 0 Å². The second kappa shape index (κ2) is 15.3. The van der Waals surface area contributed by atoms with Gasteiger partial charge in [-0.25, -0.2) is 0 Å². The van der Waals surface area contributed by atoms with Crippen LogP contribution in [0.15, 0.2) is 24.3 Å². The number of rotatable bonds is 16. The number of hydrogen-bond donors (Lipinski definition) is 4. The average molecular weight is 469 g/mol. The number of carbonyl (C=O) groups excluding carboxylic acids is 1. The number of aliphatic hydroxyl groups excluding tert-OH is 3. The van der Waals surface area contributed by atoms with Crippen LogP contribution in [0.3, 0.4) is 0 Å². The molecule has 33 heavy (non-hydrogen) atoms. The van der Waals surface area contributed by atoms with E-state index in [0.717, 1.165) is 32.1 Å². The summed E-state index contributed by atoms with van der Waals surface area (Å²) in [6.07, 6.45) is 12.0. The Hall–Kier alpha value is -1.70. The molecular formula is C26H44O7. The van der Waals surface area contributed by atoms with Gasteiger partial charge in [-0.15, -0.1) is 0 Å². The van der Waals surface area contributed by atoms with Crippen molar-refractivity contribution in [2.75, 3.05) is 6.61 Å². The lowest BCUT2D eigenvalue weighted by atomic mass is 9.80. The number of aliphatic hydroxyl groups is 3. The van der Waals surface area contributed by atoms with E-state index in [1.165, 1.54) is 0 Å². The summed E-state index contributed by atoms with van der Waals surface area (Å²) in [5.41, 5.74) is -0.228. The molecule has 0 unspecified atom stereocenters. The number of esters is 1. The molecule has 0 aromatic rings. The van der Waals surface area contributed by atoms with Gasteiger partial charge in [0.15, 0.2) is 0 Å². The number of carboxylic acids is 1. The lowest BCUT2D eigenvalue weighted by Gasteiger charge is -2.29. The van der Waals surface area contributed by atoms with Gasteiger partial charge in [0, 0.05) is 12.3 Å². The van der Waals surface area contributed by atoms with Gasteiger partial charge in [-0.3, -0.25) is 9.59 Å². The number of hydrogen-bond acceptors (Lipinski definition) is 6. The van der Waals surface area contributed by atoms with E-state index in [-0.39, 0.29) is 36.7 Å². The van der Waals surface area contributed by atoms with Crippen LogP contribution in [0.25, 0.3) is 0 Å². The first kappa shape index (κ1) is 29.3. The molecule has 0 amide bonds. The minimum absolute atomic E-state index is 0.0892. The summed E-state index contributed by atoms with van der Waals surface area (Å²) in [6, 6.07) is 0. The predicted octanol–water partition coefficient (Wildman–Crippen LogP) is 4.00. The third-order valence-electron chi connectivity index (χ3n) is 6.55. The summed E-state index contributed by atoms with van der Waals surface area (Å²) in [5.74, 6) is -1.78. The molecule has 7 heteroatoms. The molecule has 0 heterocycles. The van der Waals surface area contributed by atoms with Gasteiger partial charge in [-0.1, -0.05) is 57.9 Å². The van der Waals surface area contributed by atoms with Gasteiger partial charge in [0.25, 0.3) is 0 Å². The van der Waals surface area contributed by atoms with E-state index in [1.54, 1.807) is 6.08 Å². The fraction of sp³-hybridized carbons (Fsp3) is 0.769. The summed E-state index contributed by atoms with van der Waals surface area (Å²) in [7, 11) is 0. The van der Waals surface area contributed by atoms with E-state index in [2.05, 4.69) is 20.8 Å². The Morgan fingerprint density at radius 1 is 1.09 bits per heavy atom. The molecule has 0 aromatic carbocycles. The molecule has 190 valence electrons. The molecule has 0 radical (unpaired) electrons. The van der Waals surface area contributed by atoms with Crippen LogP contribution in [-0.4, -0.2) is 57.3 Å². The van der Waals surface area contributed by atoms with Crippen LogP contribution in [0.1, 0.15) is 85.0 Å². The number of carboxylic acid groups (broad SMARTS) is 1. The number of carbonyl (C=O) groups is 2. The quantitative estimate of drug-likeness (QED) is 0.153. The zero-order valence-electron chi connectivity index (χ0n) is 20.5. The van der Waals surface area contributed by atoms with Crippen LogP contribution >= 0.6 is 0 Å². The molecule has 1 rings (SSSR count). The van der Waals surface area contributed by atoms with Crippen molar-refractivity contribution in [2.24, 2.45) is 17.3 Å². The van der Waals surface area contributed by atoms with Crippen molar-refractivity contribution >= 4 is 11.9 Å². The fourth-order valence-corrected chi connectivity index (χ4v) is 4.18. The highest BCUT2D eigenvalue weighted by atomic mass is 16.5. The number of ether oxygens (including phenoxy) is 1. The highest BCUT2D eigenvalue weighted by Crippen LogP contribution is 2.37. The first-order chi connectivity index (χ1) is 15.6. The predicted molar refractivity (Wildman–Crippen MR) is 128 cm³/mol. The van der Waals surface area contributed by atoms with Crippen molar-refractivity contribution in [2.45, 2.75) is 103 Å². The maximum Gasteiger partial charge on any atom is 0.306 e. The van der Waals surface area contributed by atoms with Crippen molar-refractivity contribution in [1.82, 2.24) is 0 Å². The summed E-state index contributed by atoms with van der Waals surface area (Å²) < 4.78 is 5.00. The Balaban J connectivity index is 2.41. The van der Waals surface area contributed by atoms with Crippen molar-refractivity contribution in [3.05, 3.63) is 24.3 Å². The minimum atomic E-state index is -1.01. The lowest BCUT2D eigenvalue weighted by Crippen LogP contribution is -2.28. The molecule has 0 bridgehead atoms. The zero-order valence-corrected chi connectivity index (χ0v) is 20.5. The second-order valence-electron chi connectivity index (χ2n) is 9.85. The standard InChI is InChI=1S/C26H44O7/c1-4-5-16-26(2,3)23(29)13-12-20-19(21(27)18-22(20)28)11-9-7-6-8-10-17-33-25(32)15-14-24(30)31/h7,9,12-13,19-23,27-29H,4-6,8,10-11,14-18H2,1-3H3,(H,30,31)/b9-7-,13-12+/t19-,20-,21+,22-,23-/m1/s1. The zero-order chi connectivity index (χ0) is 24.9. The second-order valence-corrected chi connectivity index (χ2v) is 9.85. The normalized spacial score (nSPS) is 24.5. The van der Waals surface area contributed by atoms with E-state index < -0.39 is 30.3 Å². The van der Waals surface area contributed by atoms with Crippen LogP contribution in [0.5, 0.6) is 0 Å². The number of unbranched alkanes of at least 4 members (excludes halogenated alkanes) is 3. The molecule has 1 aliphatic rings. The Bertz CT molecular complexity index is 641. The van der Waals surface area contributed by atoms with Crippen LogP contribution < -0.4 is 0 Å². The maximum atomic E-state index is 11.3. The SMILES string of the molecule is CCCCC(C)(C)[C@H](O)/C=C/[C@@H]1[C@@H](C/C=C\CCCCOC(=O)CCC(=O)O)[C@@H](O)C[C@H]1O. The van der Waals surface area contributed by atoms with Gasteiger partial charge in [0.05, 0.1) is 37.8 Å². The molecule has 1 fully saturated rings. The molecule has 7 nitrogen and oxygen atoms in total. The van der Waals surface area contributed by atoms with Crippen molar-refractivity contribution in [1.29, 1.82) is 0 Å². The molecule has 5 atom stereocenters. The Morgan fingerprint density at radius 3 is 2.48 bits per heavy atom. The van der Waals surface area contributed by atoms with Crippen LogP contribution in [0.4, 0.5) is 0 Å². The molecule has 0 aliphatic heterocycles. The van der Waals surface area contributed by atoms with Gasteiger partial charge >= 0.3 is 11.9 Å². The van der Waals surface area contributed by atoms with Gasteiger partial charge < -0.3 is 25.2 Å². The van der Waals surface area contributed by atoms with Crippen molar-refractivity contribution < 1.29 is 34.8 Å². The summed E-state index contributed by atoms with van der Waals surface area (Å²) >= 11 is 0. The first-order valence-corrected chi connectivity index (χ1v) is 12.3. The highest BCUT2D eigenvalue weighted by molar-refractivity contribution is 5.76. The molecular weight excluding hydrogens is 424 g/mol. The monoisotopic (exact) mass is 468 g/mol. The Labute approximate surface area is 198 Å². The molecule has 4 N–H and O–H groups in total. The third-order valence-corrected chi connectivity index (χ3v) is 6.55. The van der Waals surface area contributed by atoms with Gasteiger partial charge in [0.1, 0.15) is 0 Å². The highest BCUT2D eigenvalue weighted by Gasteiger charge is 2.39. The van der Waals surface area contributed by atoms with Gasteiger partial charge in [-0.2, -0.15) is 0 Å². The average Bonchev–Trinajstić information content (AvgIpc) is 3.02. The Kier molecular flexibility index (Phi) is 13.6. The third kappa shape index (κ3) is 11.3.